The summed E-state index contributed by atoms with van der Waals surface area (Å²) in [6.45, 7) is 1.90. The Bertz CT molecular complexity index is 1030. The zero-order valence-electron chi connectivity index (χ0n) is 16.0. The lowest BCUT2D eigenvalue weighted by molar-refractivity contribution is -0.111. The topological polar surface area (TPSA) is 93.2 Å². The van der Waals surface area contributed by atoms with Crippen LogP contribution in [0.5, 0.6) is 0 Å². The van der Waals surface area contributed by atoms with Crippen LogP contribution in [0.4, 0.5) is 17.2 Å². The highest BCUT2D eigenvalue weighted by atomic mass is 16.5. The minimum Gasteiger partial charge on any atom is -0.465 e. The fourth-order valence-corrected chi connectivity index (χ4v) is 2.51. The Morgan fingerprint density at radius 3 is 2.31 bits per heavy atom. The first-order valence-corrected chi connectivity index (χ1v) is 8.87. The largest absolute Gasteiger partial charge is 0.465 e. The van der Waals surface area contributed by atoms with E-state index in [1.165, 1.54) is 19.5 Å². The first-order valence-electron chi connectivity index (χ1n) is 8.87. The van der Waals surface area contributed by atoms with E-state index in [9.17, 15) is 9.59 Å². The maximum absolute atomic E-state index is 12.1. The zero-order valence-corrected chi connectivity index (χ0v) is 16.0. The minimum atomic E-state index is -0.397. The third-order valence-electron chi connectivity index (χ3n) is 3.99. The average Bonchev–Trinajstić information content (AvgIpc) is 2.73. The molecule has 0 bridgehead atoms. The molecule has 29 heavy (non-hydrogen) atoms. The molecule has 3 rings (SSSR count). The second-order valence-electron chi connectivity index (χ2n) is 6.18. The number of hydrogen-bond acceptors (Lipinski definition) is 6. The van der Waals surface area contributed by atoms with Crippen molar-refractivity contribution >= 4 is 35.1 Å². The fourth-order valence-electron chi connectivity index (χ4n) is 2.51. The number of nitrogens with zero attached hydrogens (tertiary/aromatic N) is 2. The molecule has 2 N–H and O–H groups in total. The molecule has 0 saturated heterocycles. The number of esters is 1. The summed E-state index contributed by atoms with van der Waals surface area (Å²) in [7, 11) is 1.33. The van der Waals surface area contributed by atoms with Crippen molar-refractivity contribution in [3.8, 4) is 0 Å². The molecule has 1 heterocycles. The number of ether oxygens (including phenoxy) is 1. The molecule has 146 valence electrons. The van der Waals surface area contributed by atoms with Gasteiger partial charge in [0.25, 0.3) is 0 Å². The van der Waals surface area contributed by atoms with Gasteiger partial charge < -0.3 is 15.4 Å². The second-order valence-corrected chi connectivity index (χ2v) is 6.18. The van der Waals surface area contributed by atoms with Crippen LogP contribution in [0.3, 0.4) is 0 Å². The van der Waals surface area contributed by atoms with Crippen LogP contribution in [0, 0.1) is 6.92 Å². The van der Waals surface area contributed by atoms with E-state index >= 15 is 0 Å². The summed E-state index contributed by atoms with van der Waals surface area (Å²) in [5.41, 5.74) is 3.65. The highest BCUT2D eigenvalue weighted by Gasteiger charge is 2.04. The van der Waals surface area contributed by atoms with Crippen molar-refractivity contribution in [3.63, 3.8) is 0 Å². The van der Waals surface area contributed by atoms with E-state index in [0.717, 1.165) is 16.9 Å². The molecule has 0 unspecified atom stereocenters. The molecular weight excluding hydrogens is 368 g/mol. The Morgan fingerprint density at radius 1 is 0.966 bits per heavy atom. The summed E-state index contributed by atoms with van der Waals surface area (Å²) in [4.78, 5) is 31.7. The standard InChI is InChI=1S/C22H20N4O3/c1-15-13-20(24-14-23-15)25-18-8-10-19(11-9-18)26-21(27)12-5-16-3-6-17(7-4-16)22(28)29-2/h3-14H,1-2H3,(H,26,27)(H,23,24,25)/b12-5+. The van der Waals surface area contributed by atoms with Crippen molar-refractivity contribution in [1.82, 2.24) is 9.97 Å². The van der Waals surface area contributed by atoms with Crippen LogP contribution in [0.2, 0.25) is 0 Å². The van der Waals surface area contributed by atoms with Crippen LogP contribution in [0.25, 0.3) is 6.08 Å². The molecule has 7 heteroatoms. The normalized spacial score (nSPS) is 10.6. The van der Waals surface area contributed by atoms with Crippen molar-refractivity contribution in [3.05, 3.63) is 83.8 Å². The molecule has 0 aliphatic rings. The van der Waals surface area contributed by atoms with E-state index in [-0.39, 0.29) is 5.91 Å². The number of carbonyl (C=O) groups excluding carboxylic acids is 2. The van der Waals surface area contributed by atoms with Gasteiger partial charge in [-0.05, 0) is 55.0 Å². The van der Waals surface area contributed by atoms with E-state index < -0.39 is 5.97 Å². The van der Waals surface area contributed by atoms with Crippen molar-refractivity contribution in [2.45, 2.75) is 6.92 Å². The molecule has 0 radical (unpaired) electrons. The van der Waals surface area contributed by atoms with Gasteiger partial charge in [0.2, 0.25) is 5.91 Å². The molecule has 1 aromatic heterocycles. The monoisotopic (exact) mass is 388 g/mol. The molecule has 0 fully saturated rings. The molecule has 0 aliphatic heterocycles. The van der Waals surface area contributed by atoms with Gasteiger partial charge in [-0.3, -0.25) is 4.79 Å². The number of carbonyl (C=O) groups is 2. The lowest BCUT2D eigenvalue weighted by Gasteiger charge is -2.07. The quantitative estimate of drug-likeness (QED) is 0.490. The van der Waals surface area contributed by atoms with Gasteiger partial charge in [0, 0.05) is 29.2 Å². The number of aromatic nitrogens is 2. The van der Waals surface area contributed by atoms with Gasteiger partial charge in [0.05, 0.1) is 12.7 Å². The maximum Gasteiger partial charge on any atom is 0.337 e. The third-order valence-corrected chi connectivity index (χ3v) is 3.99. The van der Waals surface area contributed by atoms with Crippen LogP contribution < -0.4 is 10.6 Å². The molecule has 7 nitrogen and oxygen atoms in total. The smallest absolute Gasteiger partial charge is 0.337 e. The van der Waals surface area contributed by atoms with Crippen LogP contribution in [0.15, 0.2) is 67.0 Å². The minimum absolute atomic E-state index is 0.255. The van der Waals surface area contributed by atoms with Crippen molar-refractivity contribution in [1.29, 1.82) is 0 Å². The van der Waals surface area contributed by atoms with E-state index in [1.54, 1.807) is 42.5 Å². The van der Waals surface area contributed by atoms with Crippen molar-refractivity contribution in [2.75, 3.05) is 17.7 Å². The van der Waals surface area contributed by atoms with E-state index in [1.807, 2.05) is 25.1 Å². The van der Waals surface area contributed by atoms with Gasteiger partial charge in [-0.2, -0.15) is 0 Å². The summed E-state index contributed by atoms with van der Waals surface area (Å²) < 4.78 is 4.66. The van der Waals surface area contributed by atoms with Crippen LogP contribution >= 0.6 is 0 Å². The number of aryl methyl sites for hydroxylation is 1. The lowest BCUT2D eigenvalue weighted by atomic mass is 10.1. The number of anilines is 3. The maximum atomic E-state index is 12.1. The average molecular weight is 388 g/mol. The number of methoxy groups -OCH3 is 1. The van der Waals surface area contributed by atoms with Gasteiger partial charge in [-0.15, -0.1) is 0 Å². The Hall–Kier alpha value is -4.00. The second kappa shape index (κ2) is 9.27. The van der Waals surface area contributed by atoms with E-state index in [4.69, 9.17) is 0 Å². The number of hydrogen-bond donors (Lipinski definition) is 2. The molecule has 1 amide bonds. The highest BCUT2D eigenvalue weighted by molar-refractivity contribution is 6.02. The van der Waals surface area contributed by atoms with Gasteiger partial charge in [0.1, 0.15) is 12.1 Å². The van der Waals surface area contributed by atoms with Crippen LogP contribution in [0.1, 0.15) is 21.6 Å². The van der Waals surface area contributed by atoms with Gasteiger partial charge >= 0.3 is 5.97 Å². The summed E-state index contributed by atoms with van der Waals surface area (Å²) >= 11 is 0. The number of benzene rings is 2. The Balaban J connectivity index is 1.56. The summed E-state index contributed by atoms with van der Waals surface area (Å²) in [6.07, 6.45) is 4.61. The summed E-state index contributed by atoms with van der Waals surface area (Å²) in [5, 5.41) is 5.98. The van der Waals surface area contributed by atoms with E-state index in [2.05, 4.69) is 25.3 Å². The third kappa shape index (κ3) is 5.74. The SMILES string of the molecule is COC(=O)c1ccc(/C=C/C(=O)Nc2ccc(Nc3cc(C)ncn3)cc2)cc1. The Morgan fingerprint density at radius 2 is 1.66 bits per heavy atom. The van der Waals surface area contributed by atoms with Crippen LogP contribution in [-0.4, -0.2) is 29.0 Å². The molecule has 0 saturated carbocycles. The molecule has 3 aromatic rings. The molecule has 0 atom stereocenters. The molecule has 0 aliphatic carbocycles. The zero-order chi connectivity index (χ0) is 20.6. The van der Waals surface area contributed by atoms with Crippen LogP contribution in [-0.2, 0) is 9.53 Å². The number of amides is 1. The van der Waals surface area contributed by atoms with Gasteiger partial charge in [-0.25, -0.2) is 14.8 Å². The molecule has 2 aromatic carbocycles. The molecule has 0 spiro atoms. The molecular formula is C22H20N4O3. The number of rotatable bonds is 6. The Kier molecular flexibility index (Phi) is 6.32. The van der Waals surface area contributed by atoms with Gasteiger partial charge in [0.15, 0.2) is 0 Å². The summed E-state index contributed by atoms with van der Waals surface area (Å²) in [6, 6.07) is 15.9. The van der Waals surface area contributed by atoms with Crippen molar-refractivity contribution < 1.29 is 14.3 Å². The van der Waals surface area contributed by atoms with Gasteiger partial charge in [-0.1, -0.05) is 12.1 Å². The van der Waals surface area contributed by atoms with E-state index in [0.29, 0.717) is 17.1 Å². The highest BCUT2D eigenvalue weighted by Crippen LogP contribution is 2.18. The predicted molar refractivity (Wildman–Crippen MR) is 112 cm³/mol. The Labute approximate surface area is 168 Å². The lowest BCUT2D eigenvalue weighted by Crippen LogP contribution is -2.07. The van der Waals surface area contributed by atoms with Crippen molar-refractivity contribution in [2.24, 2.45) is 0 Å². The summed E-state index contributed by atoms with van der Waals surface area (Å²) in [5.74, 6) is 0.0515. The first kappa shape index (κ1) is 19.8. The predicted octanol–water partition coefficient (Wildman–Crippen LogP) is 3.97. The fraction of sp³-hybridized carbons (Fsp3) is 0.0909. The number of nitrogens with one attached hydrogen (secondary N) is 2. The first-order chi connectivity index (χ1) is 14.0.